The highest BCUT2D eigenvalue weighted by Gasteiger charge is 2.22. The fraction of sp³-hybridized carbons (Fsp3) is 0.545. The van der Waals surface area contributed by atoms with E-state index in [2.05, 4.69) is 35.7 Å². The molecule has 0 atom stereocenters. The molecule has 0 N–H and O–H groups in total. The van der Waals surface area contributed by atoms with Crippen LogP contribution in [0.25, 0.3) is 11.2 Å². The molecule has 2 aromatic rings. The molecule has 0 radical (unpaired) electrons. The van der Waals surface area contributed by atoms with Crippen molar-refractivity contribution in [2.75, 3.05) is 19.0 Å². The lowest BCUT2D eigenvalue weighted by atomic mass is 9.96. The van der Waals surface area contributed by atoms with Crippen LogP contribution in [0, 0.1) is 0 Å². The van der Waals surface area contributed by atoms with Crippen molar-refractivity contribution < 1.29 is 4.42 Å². The summed E-state index contributed by atoms with van der Waals surface area (Å²) in [6, 6.07) is 0. The first-order chi connectivity index (χ1) is 7.39. The number of rotatable bonds is 1. The molecule has 0 aliphatic heterocycles. The summed E-state index contributed by atoms with van der Waals surface area (Å²) in [5.41, 5.74) is 1.15. The minimum absolute atomic E-state index is 0.0993. The predicted molar refractivity (Wildman–Crippen MR) is 62.6 cm³/mol. The van der Waals surface area contributed by atoms with Gasteiger partial charge in [0.1, 0.15) is 5.82 Å². The molecule has 2 aromatic heterocycles. The summed E-state index contributed by atoms with van der Waals surface area (Å²) in [6.45, 7) is 6.23. The van der Waals surface area contributed by atoms with Crippen LogP contribution in [-0.2, 0) is 5.41 Å². The molecule has 0 saturated carbocycles. The maximum Gasteiger partial charge on any atom is 0.215 e. The third-order valence-electron chi connectivity index (χ3n) is 2.27. The maximum absolute atomic E-state index is 5.30. The third kappa shape index (κ3) is 1.73. The fourth-order valence-electron chi connectivity index (χ4n) is 1.39. The van der Waals surface area contributed by atoms with E-state index in [-0.39, 0.29) is 5.41 Å². The molecule has 0 aliphatic carbocycles. The predicted octanol–water partition coefficient (Wildman–Crippen LogP) is 1.98. The van der Waals surface area contributed by atoms with Crippen molar-refractivity contribution in [1.82, 2.24) is 15.0 Å². The molecule has 0 unspecified atom stereocenters. The van der Waals surface area contributed by atoms with Crippen molar-refractivity contribution in [3.8, 4) is 0 Å². The molecule has 0 aromatic carbocycles. The number of hydrogen-bond acceptors (Lipinski definition) is 5. The average molecular weight is 220 g/mol. The first kappa shape index (κ1) is 10.9. The highest BCUT2D eigenvalue weighted by atomic mass is 16.3. The minimum atomic E-state index is -0.0993. The van der Waals surface area contributed by atoms with Gasteiger partial charge in [-0.3, -0.25) is 0 Å². The maximum atomic E-state index is 5.30. The second-order valence-electron chi connectivity index (χ2n) is 5.02. The Labute approximate surface area is 94.5 Å². The summed E-state index contributed by atoms with van der Waals surface area (Å²) in [4.78, 5) is 14.9. The number of fused-ring (bicyclic) bond motifs is 1. The molecule has 0 aliphatic rings. The summed E-state index contributed by atoms with van der Waals surface area (Å²) in [5, 5.41) is 0. The van der Waals surface area contributed by atoms with Gasteiger partial charge in [0.05, 0.1) is 0 Å². The van der Waals surface area contributed by atoms with Crippen LogP contribution in [0.2, 0.25) is 0 Å². The third-order valence-corrected chi connectivity index (χ3v) is 2.27. The van der Waals surface area contributed by atoms with Crippen molar-refractivity contribution in [1.29, 1.82) is 0 Å². The lowest BCUT2D eigenvalue weighted by Crippen LogP contribution is -2.19. The molecule has 0 bridgehead atoms. The molecule has 5 heteroatoms. The number of aromatic nitrogens is 3. The Morgan fingerprint density at radius 1 is 1.19 bits per heavy atom. The van der Waals surface area contributed by atoms with Crippen LogP contribution < -0.4 is 4.90 Å². The molecule has 86 valence electrons. The van der Waals surface area contributed by atoms with Crippen molar-refractivity contribution in [2.24, 2.45) is 0 Å². The average Bonchev–Trinajstić information content (AvgIpc) is 2.61. The SMILES string of the molecule is CN(C)c1nc(C(C)(C)C)nc2ncoc12. The van der Waals surface area contributed by atoms with E-state index in [0.717, 1.165) is 11.6 Å². The standard InChI is InChI=1S/C11H16N4O/c1-11(2,3)10-13-8-7(16-6-12-8)9(14-10)15(4)5/h6H,1-5H3. The summed E-state index contributed by atoms with van der Waals surface area (Å²) >= 11 is 0. The molecule has 0 amide bonds. The smallest absolute Gasteiger partial charge is 0.215 e. The number of anilines is 1. The zero-order valence-corrected chi connectivity index (χ0v) is 10.3. The Kier molecular flexibility index (Phi) is 2.33. The van der Waals surface area contributed by atoms with Gasteiger partial charge in [0.2, 0.25) is 11.2 Å². The molecule has 16 heavy (non-hydrogen) atoms. The monoisotopic (exact) mass is 220 g/mol. The van der Waals surface area contributed by atoms with Crippen LogP contribution in [0.3, 0.4) is 0 Å². The number of nitrogens with zero attached hydrogens (tertiary/aromatic N) is 4. The largest absolute Gasteiger partial charge is 0.438 e. The van der Waals surface area contributed by atoms with E-state index in [0.29, 0.717) is 11.2 Å². The number of oxazole rings is 1. The zero-order chi connectivity index (χ0) is 11.9. The molecular formula is C11H16N4O. The minimum Gasteiger partial charge on any atom is -0.438 e. The van der Waals surface area contributed by atoms with Gasteiger partial charge >= 0.3 is 0 Å². The summed E-state index contributed by atoms with van der Waals surface area (Å²) < 4.78 is 5.30. The summed E-state index contributed by atoms with van der Waals surface area (Å²) in [6.07, 6.45) is 1.40. The van der Waals surface area contributed by atoms with E-state index in [4.69, 9.17) is 4.42 Å². The highest BCUT2D eigenvalue weighted by Crippen LogP contribution is 2.26. The van der Waals surface area contributed by atoms with Crippen LogP contribution in [0.5, 0.6) is 0 Å². The zero-order valence-electron chi connectivity index (χ0n) is 10.3. The molecule has 2 heterocycles. The normalized spacial score (nSPS) is 12.1. The first-order valence-electron chi connectivity index (χ1n) is 5.18. The van der Waals surface area contributed by atoms with Crippen molar-refractivity contribution in [3.63, 3.8) is 0 Å². The Morgan fingerprint density at radius 2 is 1.88 bits per heavy atom. The van der Waals surface area contributed by atoms with Crippen molar-refractivity contribution in [3.05, 3.63) is 12.2 Å². The van der Waals surface area contributed by atoms with Crippen LogP contribution in [0.15, 0.2) is 10.8 Å². The molecular weight excluding hydrogens is 204 g/mol. The van der Waals surface area contributed by atoms with Gasteiger partial charge in [-0.15, -0.1) is 0 Å². The quantitative estimate of drug-likeness (QED) is 0.735. The fourth-order valence-corrected chi connectivity index (χ4v) is 1.39. The van der Waals surface area contributed by atoms with E-state index >= 15 is 0 Å². The second-order valence-corrected chi connectivity index (χ2v) is 5.02. The van der Waals surface area contributed by atoms with Crippen LogP contribution in [0.4, 0.5) is 5.82 Å². The Morgan fingerprint density at radius 3 is 2.44 bits per heavy atom. The summed E-state index contributed by atoms with van der Waals surface area (Å²) in [7, 11) is 3.85. The summed E-state index contributed by atoms with van der Waals surface area (Å²) in [5.74, 6) is 1.55. The van der Waals surface area contributed by atoms with Gasteiger partial charge in [-0.1, -0.05) is 20.8 Å². The molecule has 0 fully saturated rings. The molecule has 5 nitrogen and oxygen atoms in total. The Hall–Kier alpha value is -1.65. The molecule has 2 rings (SSSR count). The van der Waals surface area contributed by atoms with E-state index in [1.54, 1.807) is 0 Å². The number of hydrogen-bond donors (Lipinski definition) is 0. The topological polar surface area (TPSA) is 55.1 Å². The van der Waals surface area contributed by atoms with Gasteiger partial charge in [0.15, 0.2) is 12.2 Å². The van der Waals surface area contributed by atoms with Crippen LogP contribution in [0.1, 0.15) is 26.6 Å². The van der Waals surface area contributed by atoms with Gasteiger partial charge < -0.3 is 9.32 Å². The second kappa shape index (κ2) is 3.43. The van der Waals surface area contributed by atoms with E-state index in [1.165, 1.54) is 6.39 Å². The van der Waals surface area contributed by atoms with Gasteiger partial charge in [-0.2, -0.15) is 4.98 Å². The molecule has 0 saturated heterocycles. The van der Waals surface area contributed by atoms with Crippen LogP contribution in [-0.4, -0.2) is 29.0 Å². The van der Waals surface area contributed by atoms with E-state index in [1.807, 2.05) is 19.0 Å². The van der Waals surface area contributed by atoms with Gasteiger partial charge in [-0.25, -0.2) is 9.97 Å². The van der Waals surface area contributed by atoms with Gasteiger partial charge in [0, 0.05) is 19.5 Å². The lowest BCUT2D eigenvalue weighted by Gasteiger charge is -2.19. The van der Waals surface area contributed by atoms with Gasteiger partial charge in [0.25, 0.3) is 0 Å². The van der Waals surface area contributed by atoms with Gasteiger partial charge in [-0.05, 0) is 0 Å². The Balaban J connectivity index is 2.71. The lowest BCUT2D eigenvalue weighted by molar-refractivity contribution is 0.545. The molecule has 0 spiro atoms. The highest BCUT2D eigenvalue weighted by molar-refractivity contribution is 5.80. The van der Waals surface area contributed by atoms with Crippen LogP contribution >= 0.6 is 0 Å². The Bertz CT molecular complexity index is 510. The first-order valence-corrected chi connectivity index (χ1v) is 5.18. The van der Waals surface area contributed by atoms with E-state index < -0.39 is 0 Å². The van der Waals surface area contributed by atoms with Crippen molar-refractivity contribution >= 4 is 17.0 Å². The van der Waals surface area contributed by atoms with E-state index in [9.17, 15) is 0 Å². The van der Waals surface area contributed by atoms with Crippen molar-refractivity contribution in [2.45, 2.75) is 26.2 Å².